The number of amides is 1. The number of para-hydroxylation sites is 1. The summed E-state index contributed by atoms with van der Waals surface area (Å²) in [4.78, 5) is 44.9. The number of hydrogen-bond acceptors (Lipinski definition) is 5. The van der Waals surface area contributed by atoms with Gasteiger partial charge in [-0.2, -0.15) is 0 Å². The first-order chi connectivity index (χ1) is 18.5. The van der Waals surface area contributed by atoms with Crippen molar-refractivity contribution in [2.45, 2.75) is 17.5 Å². The number of nitrogens with one attached hydrogen (secondary N) is 1. The van der Waals surface area contributed by atoms with Crippen LogP contribution in [0.4, 0.5) is 5.69 Å². The predicted octanol–water partition coefficient (Wildman–Crippen LogP) is 5.91. The highest BCUT2D eigenvalue weighted by atomic mass is 35.5. The Morgan fingerprint density at radius 3 is 2.45 bits per heavy atom. The number of carbonyl (C=O) groups is 3. The number of anilines is 1. The Labute approximate surface area is 223 Å². The molecule has 38 heavy (non-hydrogen) atoms. The second-order valence-electron chi connectivity index (χ2n) is 9.80. The maximum atomic E-state index is 14.6. The third-order valence-corrected chi connectivity index (χ3v) is 8.27. The van der Waals surface area contributed by atoms with Crippen molar-refractivity contribution in [2.24, 2.45) is 5.92 Å². The van der Waals surface area contributed by atoms with E-state index in [1.54, 1.807) is 36.4 Å². The van der Waals surface area contributed by atoms with E-state index < -0.39 is 23.4 Å². The van der Waals surface area contributed by atoms with E-state index >= 15 is 0 Å². The van der Waals surface area contributed by atoms with Gasteiger partial charge in [0.15, 0.2) is 11.5 Å². The van der Waals surface area contributed by atoms with Gasteiger partial charge < -0.3 is 14.6 Å². The molecule has 1 saturated heterocycles. The summed E-state index contributed by atoms with van der Waals surface area (Å²) in [6.45, 7) is 0. The molecule has 4 aromatic rings. The zero-order valence-electron chi connectivity index (χ0n) is 20.0. The summed E-state index contributed by atoms with van der Waals surface area (Å²) in [6, 6.07) is 23.5. The normalized spacial score (nSPS) is 24.6. The summed E-state index contributed by atoms with van der Waals surface area (Å²) in [5.74, 6) is -1.88. The summed E-state index contributed by atoms with van der Waals surface area (Å²) in [5, 5.41) is 3.53. The third kappa shape index (κ3) is 2.98. The number of benzene rings is 3. The fourth-order valence-corrected chi connectivity index (χ4v) is 6.65. The fourth-order valence-electron chi connectivity index (χ4n) is 6.53. The number of fused-ring (bicyclic) bond motifs is 6. The number of rotatable bonds is 4. The van der Waals surface area contributed by atoms with Crippen LogP contribution in [0, 0.1) is 5.92 Å². The minimum atomic E-state index is -1.37. The highest BCUT2D eigenvalue weighted by molar-refractivity contribution is 6.30. The van der Waals surface area contributed by atoms with Crippen molar-refractivity contribution in [1.82, 2.24) is 4.90 Å². The molecule has 1 fully saturated rings. The van der Waals surface area contributed by atoms with Gasteiger partial charge in [0.2, 0.25) is 11.7 Å². The Kier molecular flexibility index (Phi) is 4.97. The number of Topliss-reactive ketones (excluding diaryl/α,β-unsaturated/α-hetero) is 2. The van der Waals surface area contributed by atoms with Gasteiger partial charge in [-0.05, 0) is 65.2 Å². The van der Waals surface area contributed by atoms with E-state index in [1.807, 2.05) is 65.7 Å². The van der Waals surface area contributed by atoms with Crippen LogP contribution < -0.4 is 5.32 Å². The molecule has 0 aliphatic carbocycles. The van der Waals surface area contributed by atoms with E-state index in [1.165, 1.54) is 6.26 Å². The maximum absolute atomic E-state index is 14.6. The van der Waals surface area contributed by atoms with Gasteiger partial charge in [-0.1, -0.05) is 54.1 Å². The van der Waals surface area contributed by atoms with Gasteiger partial charge in [0.1, 0.15) is 11.5 Å². The third-order valence-electron chi connectivity index (χ3n) is 8.01. The van der Waals surface area contributed by atoms with Crippen molar-refractivity contribution in [3.8, 4) is 0 Å². The topological polar surface area (TPSA) is 79.6 Å². The Bertz CT molecular complexity index is 1640. The fraction of sp³-hybridized carbons (Fsp3) is 0.129. The number of ketones is 2. The Balaban J connectivity index is 1.55. The first-order valence-electron chi connectivity index (χ1n) is 12.3. The summed E-state index contributed by atoms with van der Waals surface area (Å²) >= 11 is 6.13. The molecule has 4 heterocycles. The van der Waals surface area contributed by atoms with Crippen LogP contribution in [0.1, 0.15) is 43.6 Å². The number of hydrogen-bond donors (Lipinski definition) is 1. The Morgan fingerprint density at radius 1 is 0.895 bits per heavy atom. The van der Waals surface area contributed by atoms with Gasteiger partial charge in [0, 0.05) is 22.5 Å². The smallest absolute Gasteiger partial charge is 0.238 e. The largest absolute Gasteiger partial charge is 0.461 e. The van der Waals surface area contributed by atoms with E-state index in [9.17, 15) is 14.4 Å². The van der Waals surface area contributed by atoms with Crippen molar-refractivity contribution in [1.29, 1.82) is 0 Å². The quantitative estimate of drug-likeness (QED) is 0.338. The van der Waals surface area contributed by atoms with Crippen LogP contribution in [0.2, 0.25) is 5.02 Å². The lowest BCUT2D eigenvalue weighted by molar-refractivity contribution is -0.122. The second kappa shape index (κ2) is 8.30. The molecule has 1 N–H and O–H groups in total. The van der Waals surface area contributed by atoms with Gasteiger partial charge in [-0.3, -0.25) is 14.4 Å². The molecule has 1 spiro atoms. The van der Waals surface area contributed by atoms with E-state index in [4.69, 9.17) is 16.0 Å². The molecule has 7 heteroatoms. The zero-order chi connectivity index (χ0) is 26.0. The number of furan rings is 1. The van der Waals surface area contributed by atoms with Gasteiger partial charge in [-0.25, -0.2) is 0 Å². The average Bonchev–Trinajstić information content (AvgIpc) is 3.65. The van der Waals surface area contributed by atoms with Gasteiger partial charge in [0.05, 0.1) is 18.2 Å². The summed E-state index contributed by atoms with van der Waals surface area (Å²) in [7, 11) is 0. The first-order valence-corrected chi connectivity index (χ1v) is 12.7. The minimum absolute atomic E-state index is 0.138. The number of nitrogens with zero attached hydrogens (tertiary/aromatic N) is 1. The van der Waals surface area contributed by atoms with Crippen LogP contribution in [0.5, 0.6) is 0 Å². The van der Waals surface area contributed by atoms with E-state index in [2.05, 4.69) is 5.32 Å². The van der Waals surface area contributed by atoms with Crippen LogP contribution in [-0.2, 0) is 10.2 Å². The highest BCUT2D eigenvalue weighted by Crippen LogP contribution is 2.62. The molecule has 3 aromatic carbocycles. The lowest BCUT2D eigenvalue weighted by Gasteiger charge is -2.38. The number of halogens is 1. The van der Waals surface area contributed by atoms with Crippen molar-refractivity contribution in [3.63, 3.8) is 0 Å². The summed E-state index contributed by atoms with van der Waals surface area (Å²) in [5.41, 5.74) is 2.17. The van der Waals surface area contributed by atoms with Crippen LogP contribution in [0.15, 0.2) is 102 Å². The standard InChI is InChI=1S/C31H21ClN2O4/c32-20-13-11-19(12-14-20)27(35)25-26(28(36)24-10-5-17-38-24)34-16-15-18-6-1-2-7-21(18)29(34)31(25)22-8-3-4-9-23(22)33-30(31)37/h1-17,25-26,29H,(H,33,37)/t25-,26+,29+,31+/m1/s1. The maximum Gasteiger partial charge on any atom is 0.238 e. The molecule has 0 unspecified atom stereocenters. The summed E-state index contributed by atoms with van der Waals surface area (Å²) in [6.07, 6.45) is 5.20. The molecular weight excluding hydrogens is 500 g/mol. The minimum Gasteiger partial charge on any atom is -0.461 e. The van der Waals surface area contributed by atoms with Crippen molar-refractivity contribution in [3.05, 3.63) is 130 Å². The predicted molar refractivity (Wildman–Crippen MR) is 143 cm³/mol. The molecule has 0 saturated carbocycles. The van der Waals surface area contributed by atoms with Gasteiger partial charge in [-0.15, -0.1) is 0 Å². The van der Waals surface area contributed by atoms with Crippen molar-refractivity contribution >= 4 is 40.8 Å². The molecule has 3 aliphatic heterocycles. The average molecular weight is 521 g/mol. The van der Waals surface area contributed by atoms with Gasteiger partial charge >= 0.3 is 0 Å². The van der Waals surface area contributed by atoms with Crippen LogP contribution in [0.25, 0.3) is 6.08 Å². The Morgan fingerprint density at radius 2 is 1.66 bits per heavy atom. The molecular formula is C31H21ClN2O4. The van der Waals surface area contributed by atoms with Crippen LogP contribution in [-0.4, -0.2) is 28.4 Å². The van der Waals surface area contributed by atoms with Crippen molar-refractivity contribution in [2.75, 3.05) is 5.32 Å². The van der Waals surface area contributed by atoms with E-state index in [0.717, 1.165) is 11.1 Å². The Hall–Kier alpha value is -4.42. The van der Waals surface area contributed by atoms with Crippen LogP contribution >= 0.6 is 11.6 Å². The molecule has 4 atom stereocenters. The second-order valence-corrected chi connectivity index (χ2v) is 10.2. The lowest BCUT2D eigenvalue weighted by atomic mass is 9.62. The molecule has 0 radical (unpaired) electrons. The molecule has 3 aliphatic rings. The molecule has 186 valence electrons. The molecule has 7 rings (SSSR count). The monoisotopic (exact) mass is 520 g/mol. The molecule has 1 amide bonds. The zero-order valence-corrected chi connectivity index (χ0v) is 20.8. The molecule has 6 nitrogen and oxygen atoms in total. The first kappa shape index (κ1) is 22.8. The summed E-state index contributed by atoms with van der Waals surface area (Å²) < 4.78 is 5.52. The van der Waals surface area contributed by atoms with E-state index in [0.29, 0.717) is 21.8 Å². The van der Waals surface area contributed by atoms with E-state index in [-0.39, 0.29) is 23.2 Å². The number of carbonyl (C=O) groups excluding carboxylic acids is 3. The van der Waals surface area contributed by atoms with Crippen molar-refractivity contribution < 1.29 is 18.8 Å². The molecule has 0 bridgehead atoms. The lowest BCUT2D eigenvalue weighted by Crippen LogP contribution is -2.49. The highest BCUT2D eigenvalue weighted by Gasteiger charge is 2.71. The van der Waals surface area contributed by atoms with Crippen LogP contribution in [0.3, 0.4) is 0 Å². The van der Waals surface area contributed by atoms with Gasteiger partial charge in [0.25, 0.3) is 0 Å². The SMILES string of the molecule is O=C(c1ccco1)[C@@H]1[C@H](C(=O)c2ccc(Cl)cc2)[C@]2(C(=O)Nc3ccccc32)[C@@H]2c3ccccc3C=CN12. The molecule has 1 aromatic heterocycles.